The van der Waals surface area contributed by atoms with Crippen LogP contribution in [0.4, 0.5) is 0 Å². The first-order chi connectivity index (χ1) is 6.75. The summed E-state index contributed by atoms with van der Waals surface area (Å²) in [6.07, 6.45) is 5.33. The molecule has 0 saturated heterocycles. The van der Waals surface area contributed by atoms with Crippen LogP contribution in [0.3, 0.4) is 0 Å². The second-order valence-corrected chi connectivity index (χ2v) is 4.55. The molecule has 0 atom stereocenters. The van der Waals surface area contributed by atoms with Gasteiger partial charge in [0.05, 0.1) is 0 Å². The summed E-state index contributed by atoms with van der Waals surface area (Å²) in [6.45, 7) is 2.34. The van der Waals surface area contributed by atoms with Crippen molar-refractivity contribution in [3.63, 3.8) is 0 Å². The van der Waals surface area contributed by atoms with E-state index in [9.17, 15) is 5.11 Å². The van der Waals surface area contributed by atoms with Crippen molar-refractivity contribution < 1.29 is 5.11 Å². The lowest BCUT2D eigenvalue weighted by Crippen LogP contribution is -2.10. The van der Waals surface area contributed by atoms with E-state index in [0.717, 1.165) is 11.8 Å². The molecule has 1 nitrogen and oxygen atoms in total. The van der Waals surface area contributed by atoms with Gasteiger partial charge in [-0.15, -0.1) is 0 Å². The molecule has 2 rings (SSSR count). The van der Waals surface area contributed by atoms with Crippen molar-refractivity contribution in [1.29, 1.82) is 0 Å². The highest BCUT2D eigenvalue weighted by atomic mass is 16.3. The minimum absolute atomic E-state index is 0.373. The van der Waals surface area contributed by atoms with Gasteiger partial charge in [-0.3, -0.25) is 0 Å². The molecule has 1 fully saturated rings. The lowest BCUT2D eigenvalue weighted by molar-refractivity contribution is 0.347. The van der Waals surface area contributed by atoms with E-state index in [-0.39, 0.29) is 0 Å². The van der Waals surface area contributed by atoms with Crippen molar-refractivity contribution in [2.24, 2.45) is 5.92 Å². The maximum Gasteiger partial charge on any atom is 0.115 e. The highest BCUT2D eigenvalue weighted by Crippen LogP contribution is 2.35. The molecular weight excluding hydrogens is 172 g/mol. The Balaban J connectivity index is 2.05. The summed E-state index contributed by atoms with van der Waals surface area (Å²) >= 11 is 0. The Bertz CT molecular complexity index is 281. The lowest BCUT2D eigenvalue weighted by atomic mass is 9.79. The molecule has 0 unspecified atom stereocenters. The molecule has 0 heterocycles. The molecule has 0 aliphatic heterocycles. The smallest absolute Gasteiger partial charge is 0.115 e. The summed E-state index contributed by atoms with van der Waals surface area (Å²) in [5.74, 6) is 2.01. The van der Waals surface area contributed by atoms with Gasteiger partial charge in [-0.05, 0) is 42.4 Å². The fourth-order valence-corrected chi connectivity index (χ4v) is 2.34. The number of phenols is 1. The summed E-state index contributed by atoms with van der Waals surface area (Å²) in [4.78, 5) is 0. The molecule has 1 N–H and O–H groups in total. The highest BCUT2D eigenvalue weighted by molar-refractivity contribution is 5.28. The maximum atomic E-state index is 9.20. The van der Waals surface area contributed by atoms with Crippen molar-refractivity contribution in [2.75, 3.05) is 0 Å². The van der Waals surface area contributed by atoms with E-state index in [4.69, 9.17) is 0 Å². The predicted octanol–water partition coefficient (Wildman–Crippen LogP) is 3.69. The summed E-state index contributed by atoms with van der Waals surface area (Å²) in [7, 11) is 0. The van der Waals surface area contributed by atoms with Crippen molar-refractivity contribution in [1.82, 2.24) is 0 Å². The molecule has 1 aliphatic rings. The Labute approximate surface area is 85.8 Å². The van der Waals surface area contributed by atoms with E-state index < -0.39 is 0 Å². The molecule has 0 bridgehead atoms. The van der Waals surface area contributed by atoms with E-state index in [2.05, 4.69) is 19.1 Å². The van der Waals surface area contributed by atoms with Crippen molar-refractivity contribution in [3.8, 4) is 5.75 Å². The zero-order valence-electron chi connectivity index (χ0n) is 8.74. The van der Waals surface area contributed by atoms with E-state index in [0.29, 0.717) is 5.75 Å². The molecule has 1 heteroatoms. The van der Waals surface area contributed by atoms with Gasteiger partial charge in [0.2, 0.25) is 0 Å². The molecule has 0 aromatic heterocycles. The third-order valence-corrected chi connectivity index (χ3v) is 3.38. The van der Waals surface area contributed by atoms with Gasteiger partial charge in [0.25, 0.3) is 0 Å². The first kappa shape index (κ1) is 9.57. The van der Waals surface area contributed by atoms with Crippen LogP contribution in [0.25, 0.3) is 0 Å². The first-order valence-corrected chi connectivity index (χ1v) is 5.54. The van der Waals surface area contributed by atoms with Gasteiger partial charge in [0.15, 0.2) is 0 Å². The summed E-state index contributed by atoms with van der Waals surface area (Å²) in [5, 5.41) is 9.20. The Kier molecular flexibility index (Phi) is 2.76. The molecule has 1 aliphatic carbocycles. The van der Waals surface area contributed by atoms with Crippen LogP contribution in [0.5, 0.6) is 5.75 Å². The fraction of sp³-hybridized carbons (Fsp3) is 0.538. The minimum atomic E-state index is 0.373. The molecule has 1 saturated carbocycles. The van der Waals surface area contributed by atoms with Crippen LogP contribution >= 0.6 is 0 Å². The van der Waals surface area contributed by atoms with Crippen LogP contribution in [0.15, 0.2) is 24.3 Å². The van der Waals surface area contributed by atoms with Gasteiger partial charge in [-0.1, -0.05) is 31.9 Å². The van der Waals surface area contributed by atoms with Crippen LogP contribution in [0, 0.1) is 5.92 Å². The largest absolute Gasteiger partial charge is 0.508 e. The molecular formula is C13H18O. The Morgan fingerprint density at radius 2 is 1.57 bits per heavy atom. The Hall–Kier alpha value is -0.980. The van der Waals surface area contributed by atoms with Crippen LogP contribution in [-0.4, -0.2) is 5.11 Å². The molecule has 0 amide bonds. The molecule has 1 aromatic rings. The SMILES string of the molecule is C[C@H]1CC[C@H](c2ccc(O)cc2)CC1. The quantitative estimate of drug-likeness (QED) is 0.716. The summed E-state index contributed by atoms with van der Waals surface area (Å²) in [6, 6.07) is 7.73. The zero-order chi connectivity index (χ0) is 9.97. The molecule has 14 heavy (non-hydrogen) atoms. The Morgan fingerprint density at radius 1 is 1.00 bits per heavy atom. The van der Waals surface area contributed by atoms with Gasteiger partial charge in [0, 0.05) is 0 Å². The Morgan fingerprint density at radius 3 is 2.14 bits per heavy atom. The second-order valence-electron chi connectivity index (χ2n) is 4.55. The molecule has 0 radical (unpaired) electrons. The van der Waals surface area contributed by atoms with Crippen LogP contribution < -0.4 is 0 Å². The van der Waals surface area contributed by atoms with Gasteiger partial charge >= 0.3 is 0 Å². The van der Waals surface area contributed by atoms with Gasteiger partial charge in [0.1, 0.15) is 5.75 Å². The van der Waals surface area contributed by atoms with Crippen LogP contribution in [0.1, 0.15) is 44.1 Å². The normalized spacial score (nSPS) is 27.5. The lowest BCUT2D eigenvalue weighted by Gasteiger charge is -2.26. The van der Waals surface area contributed by atoms with E-state index in [1.165, 1.54) is 31.2 Å². The van der Waals surface area contributed by atoms with Gasteiger partial charge in [-0.2, -0.15) is 0 Å². The number of phenolic OH excluding ortho intramolecular Hbond substituents is 1. The number of rotatable bonds is 1. The van der Waals surface area contributed by atoms with Crippen LogP contribution in [-0.2, 0) is 0 Å². The topological polar surface area (TPSA) is 20.2 Å². The second kappa shape index (κ2) is 4.04. The van der Waals surface area contributed by atoms with E-state index >= 15 is 0 Å². The summed E-state index contributed by atoms with van der Waals surface area (Å²) in [5.41, 5.74) is 1.40. The van der Waals surface area contributed by atoms with E-state index in [1.54, 1.807) is 12.1 Å². The highest BCUT2D eigenvalue weighted by Gasteiger charge is 2.19. The number of benzene rings is 1. The van der Waals surface area contributed by atoms with Gasteiger partial charge < -0.3 is 5.11 Å². The third kappa shape index (κ3) is 2.09. The minimum Gasteiger partial charge on any atom is -0.508 e. The standard InChI is InChI=1S/C13H18O/c1-10-2-4-11(5-3-10)12-6-8-13(14)9-7-12/h6-11,14H,2-5H2,1H3/t10-,11-. The number of hydrogen-bond acceptors (Lipinski definition) is 1. The monoisotopic (exact) mass is 190 g/mol. The molecule has 0 spiro atoms. The summed E-state index contributed by atoms with van der Waals surface area (Å²) < 4.78 is 0. The predicted molar refractivity (Wildman–Crippen MR) is 58.5 cm³/mol. The number of hydrogen-bond donors (Lipinski definition) is 1. The van der Waals surface area contributed by atoms with Crippen molar-refractivity contribution in [3.05, 3.63) is 29.8 Å². The maximum absolute atomic E-state index is 9.20. The zero-order valence-corrected chi connectivity index (χ0v) is 8.74. The van der Waals surface area contributed by atoms with Gasteiger partial charge in [-0.25, -0.2) is 0 Å². The fourth-order valence-electron chi connectivity index (χ4n) is 2.34. The first-order valence-electron chi connectivity index (χ1n) is 5.54. The number of aromatic hydroxyl groups is 1. The van der Waals surface area contributed by atoms with Crippen LogP contribution in [0.2, 0.25) is 0 Å². The average molecular weight is 190 g/mol. The molecule has 1 aromatic carbocycles. The van der Waals surface area contributed by atoms with Crippen molar-refractivity contribution in [2.45, 2.75) is 38.5 Å². The molecule has 76 valence electrons. The van der Waals surface area contributed by atoms with E-state index in [1.807, 2.05) is 0 Å². The van der Waals surface area contributed by atoms with Crippen molar-refractivity contribution >= 4 is 0 Å². The average Bonchev–Trinajstić information content (AvgIpc) is 2.21. The third-order valence-electron chi connectivity index (χ3n) is 3.38.